The predicted molar refractivity (Wildman–Crippen MR) is 79.5 cm³/mol. The number of carbonyl (C=O) groups is 1. The Balaban J connectivity index is 1.94. The van der Waals surface area contributed by atoms with Crippen molar-refractivity contribution in [3.63, 3.8) is 0 Å². The van der Waals surface area contributed by atoms with Gasteiger partial charge in [-0.05, 0) is 37.6 Å². The normalized spacial score (nSPS) is 19.6. The molecule has 0 saturated carbocycles. The van der Waals surface area contributed by atoms with Crippen molar-refractivity contribution in [1.82, 2.24) is 4.90 Å². The lowest BCUT2D eigenvalue weighted by Crippen LogP contribution is -2.38. The van der Waals surface area contributed by atoms with Crippen LogP contribution in [0.2, 0.25) is 5.02 Å². The quantitative estimate of drug-likeness (QED) is 0.880. The molecule has 0 radical (unpaired) electrons. The summed E-state index contributed by atoms with van der Waals surface area (Å²) >= 11 is 9.37. The average Bonchev–Trinajstić information content (AvgIpc) is 2.80. The minimum Gasteiger partial charge on any atom is -0.395 e. The molecule has 1 aromatic rings. The lowest BCUT2D eigenvalue weighted by Gasteiger charge is -2.21. The van der Waals surface area contributed by atoms with Crippen LogP contribution in [-0.2, 0) is 4.79 Å². The van der Waals surface area contributed by atoms with Gasteiger partial charge in [0.1, 0.15) is 0 Å². The summed E-state index contributed by atoms with van der Waals surface area (Å²) in [4.78, 5) is 14.0. The van der Waals surface area contributed by atoms with Crippen molar-refractivity contribution < 1.29 is 9.90 Å². The largest absolute Gasteiger partial charge is 0.395 e. The van der Waals surface area contributed by atoms with Gasteiger partial charge in [-0.25, -0.2) is 0 Å². The molecular weight excluding hydrogens is 332 g/mol. The maximum atomic E-state index is 12.0. The number of nitrogens with one attached hydrogen (secondary N) is 1. The highest BCUT2D eigenvalue weighted by molar-refractivity contribution is 9.10. The van der Waals surface area contributed by atoms with E-state index in [1.165, 1.54) is 0 Å². The van der Waals surface area contributed by atoms with Crippen LogP contribution in [0.3, 0.4) is 0 Å². The molecule has 1 saturated heterocycles. The summed E-state index contributed by atoms with van der Waals surface area (Å²) in [6.07, 6.45) is 1.97. The summed E-state index contributed by atoms with van der Waals surface area (Å²) in [6.45, 7) is 1.25. The zero-order valence-corrected chi connectivity index (χ0v) is 12.7. The number of nitrogens with zero attached hydrogens (tertiary/aromatic N) is 1. The highest BCUT2D eigenvalue weighted by Gasteiger charge is 2.25. The van der Waals surface area contributed by atoms with Crippen LogP contribution in [0.4, 0.5) is 5.69 Å². The first-order valence-corrected chi connectivity index (χ1v) is 7.37. The molecule has 6 heteroatoms. The van der Waals surface area contributed by atoms with Gasteiger partial charge in [-0.1, -0.05) is 27.5 Å². The fourth-order valence-electron chi connectivity index (χ4n) is 2.28. The average molecular weight is 348 g/mol. The third kappa shape index (κ3) is 3.92. The van der Waals surface area contributed by atoms with Crippen LogP contribution in [-0.4, -0.2) is 41.7 Å². The molecule has 4 nitrogen and oxygen atoms in total. The Kier molecular flexibility index (Phi) is 5.21. The van der Waals surface area contributed by atoms with Gasteiger partial charge in [0.2, 0.25) is 5.91 Å². The molecule has 1 fully saturated rings. The third-order valence-electron chi connectivity index (χ3n) is 3.26. The van der Waals surface area contributed by atoms with Crippen molar-refractivity contribution >= 4 is 39.1 Å². The van der Waals surface area contributed by atoms with Crippen LogP contribution in [0.15, 0.2) is 22.7 Å². The van der Waals surface area contributed by atoms with Crippen LogP contribution in [0, 0.1) is 0 Å². The van der Waals surface area contributed by atoms with Crippen molar-refractivity contribution in [3.8, 4) is 0 Å². The highest BCUT2D eigenvalue weighted by Crippen LogP contribution is 2.25. The van der Waals surface area contributed by atoms with E-state index in [-0.39, 0.29) is 25.1 Å². The minimum absolute atomic E-state index is 0.103. The van der Waals surface area contributed by atoms with E-state index in [2.05, 4.69) is 21.2 Å². The lowest BCUT2D eigenvalue weighted by atomic mass is 10.2. The van der Waals surface area contributed by atoms with Crippen molar-refractivity contribution in [1.29, 1.82) is 0 Å². The second-order valence-electron chi connectivity index (χ2n) is 4.62. The standard InChI is InChI=1S/C13H16BrClN2O2/c14-9-3-4-12(11(15)6-9)16-13(19)7-17-5-1-2-10(17)8-18/h3-4,6,10,18H,1-2,5,7-8H2,(H,16,19). The number of hydrogen-bond donors (Lipinski definition) is 2. The molecule has 104 valence electrons. The first-order valence-electron chi connectivity index (χ1n) is 6.20. The van der Waals surface area contributed by atoms with Gasteiger partial charge < -0.3 is 10.4 Å². The summed E-state index contributed by atoms with van der Waals surface area (Å²) in [5, 5.41) is 12.5. The molecule has 0 spiro atoms. The summed E-state index contributed by atoms with van der Waals surface area (Å²) in [7, 11) is 0. The van der Waals surface area contributed by atoms with Crippen LogP contribution in [0.5, 0.6) is 0 Å². The Morgan fingerprint density at radius 1 is 1.58 bits per heavy atom. The molecule has 1 unspecified atom stereocenters. The minimum atomic E-state index is -0.107. The molecule has 1 heterocycles. The van der Waals surface area contributed by atoms with Gasteiger partial charge in [-0.2, -0.15) is 0 Å². The van der Waals surface area contributed by atoms with E-state index in [9.17, 15) is 9.90 Å². The Labute approximate surface area is 125 Å². The van der Waals surface area contributed by atoms with Crippen LogP contribution in [0.25, 0.3) is 0 Å². The number of carbonyl (C=O) groups excluding carboxylic acids is 1. The van der Waals surface area contributed by atoms with E-state index in [0.29, 0.717) is 10.7 Å². The molecule has 1 aliphatic heterocycles. The van der Waals surface area contributed by atoms with Gasteiger partial charge in [0.25, 0.3) is 0 Å². The Hall–Kier alpha value is -0.620. The number of aliphatic hydroxyl groups excluding tert-OH is 1. The fourth-order valence-corrected chi connectivity index (χ4v) is 3.00. The smallest absolute Gasteiger partial charge is 0.238 e. The molecule has 1 amide bonds. The van der Waals surface area contributed by atoms with Gasteiger partial charge in [-0.3, -0.25) is 9.69 Å². The first kappa shape index (κ1) is 14.8. The molecule has 0 bridgehead atoms. The Morgan fingerprint density at radius 2 is 2.37 bits per heavy atom. The van der Waals surface area contributed by atoms with Gasteiger partial charge in [0.05, 0.1) is 23.9 Å². The zero-order chi connectivity index (χ0) is 13.8. The molecular formula is C13H16BrClN2O2. The first-order chi connectivity index (χ1) is 9.10. The van der Waals surface area contributed by atoms with Crippen LogP contribution in [0.1, 0.15) is 12.8 Å². The molecule has 1 aromatic carbocycles. The van der Waals surface area contributed by atoms with Crippen molar-refractivity contribution in [2.24, 2.45) is 0 Å². The molecule has 0 aromatic heterocycles. The van der Waals surface area contributed by atoms with Crippen molar-refractivity contribution in [2.45, 2.75) is 18.9 Å². The molecule has 2 N–H and O–H groups in total. The van der Waals surface area contributed by atoms with Crippen LogP contribution >= 0.6 is 27.5 Å². The monoisotopic (exact) mass is 346 g/mol. The molecule has 1 aliphatic rings. The maximum Gasteiger partial charge on any atom is 0.238 e. The van der Waals surface area contributed by atoms with E-state index in [1.807, 2.05) is 11.0 Å². The summed E-state index contributed by atoms with van der Waals surface area (Å²) < 4.78 is 0.871. The second-order valence-corrected chi connectivity index (χ2v) is 5.94. The number of halogens is 2. The molecule has 19 heavy (non-hydrogen) atoms. The van der Waals surface area contributed by atoms with E-state index < -0.39 is 0 Å². The highest BCUT2D eigenvalue weighted by atomic mass is 79.9. The Morgan fingerprint density at radius 3 is 3.05 bits per heavy atom. The second kappa shape index (κ2) is 6.70. The van der Waals surface area contributed by atoms with Crippen molar-refractivity contribution in [2.75, 3.05) is 25.0 Å². The van der Waals surface area contributed by atoms with Crippen LogP contribution < -0.4 is 5.32 Å². The van der Waals surface area contributed by atoms with E-state index in [4.69, 9.17) is 11.6 Å². The maximum absolute atomic E-state index is 12.0. The molecule has 0 aliphatic carbocycles. The number of aliphatic hydroxyl groups is 1. The van der Waals surface area contributed by atoms with Gasteiger partial charge >= 0.3 is 0 Å². The van der Waals surface area contributed by atoms with Gasteiger partial charge in [0.15, 0.2) is 0 Å². The fraction of sp³-hybridized carbons (Fsp3) is 0.462. The third-order valence-corrected chi connectivity index (χ3v) is 4.07. The number of hydrogen-bond acceptors (Lipinski definition) is 3. The number of likely N-dealkylation sites (tertiary alicyclic amines) is 1. The van der Waals surface area contributed by atoms with E-state index in [1.54, 1.807) is 12.1 Å². The number of benzene rings is 1. The number of rotatable bonds is 4. The van der Waals surface area contributed by atoms with Crippen molar-refractivity contribution in [3.05, 3.63) is 27.7 Å². The summed E-state index contributed by atoms with van der Waals surface area (Å²) in [5.74, 6) is -0.107. The molecule has 1 atom stereocenters. The van der Waals surface area contributed by atoms with E-state index in [0.717, 1.165) is 23.9 Å². The summed E-state index contributed by atoms with van der Waals surface area (Å²) in [5.41, 5.74) is 0.606. The number of amides is 1. The molecule has 2 rings (SSSR count). The van der Waals surface area contributed by atoms with E-state index >= 15 is 0 Å². The summed E-state index contributed by atoms with van der Waals surface area (Å²) in [6, 6.07) is 5.43. The lowest BCUT2D eigenvalue weighted by molar-refractivity contribution is -0.117. The number of anilines is 1. The van der Waals surface area contributed by atoms with Gasteiger partial charge in [0, 0.05) is 10.5 Å². The Bertz CT molecular complexity index is 470. The zero-order valence-electron chi connectivity index (χ0n) is 10.4. The SMILES string of the molecule is O=C(CN1CCCC1CO)Nc1ccc(Br)cc1Cl. The van der Waals surface area contributed by atoms with Gasteiger partial charge in [-0.15, -0.1) is 0 Å². The topological polar surface area (TPSA) is 52.6 Å². The predicted octanol–water partition coefficient (Wildman–Crippen LogP) is 2.50.